The van der Waals surface area contributed by atoms with E-state index in [4.69, 9.17) is 9.47 Å². The summed E-state index contributed by atoms with van der Waals surface area (Å²) in [5.74, 6) is 0.591. The Bertz CT molecular complexity index is 956. The van der Waals surface area contributed by atoms with Crippen LogP contribution in [0.2, 0.25) is 0 Å². The lowest BCUT2D eigenvalue weighted by Crippen LogP contribution is -2.16. The first-order chi connectivity index (χ1) is 11.6. The van der Waals surface area contributed by atoms with Crippen molar-refractivity contribution in [1.29, 1.82) is 0 Å². The van der Waals surface area contributed by atoms with Crippen molar-refractivity contribution in [3.05, 3.63) is 51.6 Å². The molecule has 0 spiro atoms. The van der Waals surface area contributed by atoms with Crippen LogP contribution in [-0.4, -0.2) is 19.1 Å². The number of rotatable bonds is 2. The highest BCUT2D eigenvalue weighted by atomic mass is 79.9. The maximum absolute atomic E-state index is 13.8. The molecule has 2 heterocycles. The van der Waals surface area contributed by atoms with Crippen LogP contribution in [-0.2, 0) is 0 Å². The van der Waals surface area contributed by atoms with E-state index in [1.807, 2.05) is 0 Å². The summed E-state index contributed by atoms with van der Waals surface area (Å²) in [4.78, 5) is 12.9. The molecule has 0 radical (unpaired) electrons. The normalized spacial score (nSPS) is 13.1. The van der Waals surface area contributed by atoms with Crippen molar-refractivity contribution in [2.45, 2.75) is 0 Å². The van der Waals surface area contributed by atoms with E-state index in [0.717, 1.165) is 4.70 Å². The molecule has 4 rings (SSSR count). The SMILES string of the molecule is O=C(Nc1cc2c(cc1Br)OCCO2)c1cc2c(F)cccc2s1. The summed E-state index contributed by atoms with van der Waals surface area (Å²) in [5.41, 5.74) is 0.571. The fourth-order valence-electron chi connectivity index (χ4n) is 2.48. The van der Waals surface area contributed by atoms with Crippen molar-refractivity contribution in [1.82, 2.24) is 0 Å². The highest BCUT2D eigenvalue weighted by Crippen LogP contribution is 2.38. The topological polar surface area (TPSA) is 47.6 Å². The van der Waals surface area contributed by atoms with Gasteiger partial charge in [0.05, 0.1) is 10.6 Å². The second-order valence-corrected chi connectivity index (χ2v) is 7.13. The molecule has 4 nitrogen and oxygen atoms in total. The number of carbonyl (C=O) groups is 1. The number of nitrogens with one attached hydrogen (secondary N) is 1. The van der Waals surface area contributed by atoms with Gasteiger partial charge in [0.1, 0.15) is 19.0 Å². The number of carbonyl (C=O) groups excluding carboxylic acids is 1. The van der Waals surface area contributed by atoms with Gasteiger partial charge in [-0.05, 0) is 34.1 Å². The molecule has 0 unspecified atom stereocenters. The number of fused-ring (bicyclic) bond motifs is 2. The maximum atomic E-state index is 13.8. The number of ether oxygens (including phenoxy) is 2. The van der Waals surface area contributed by atoms with Gasteiger partial charge in [-0.2, -0.15) is 0 Å². The molecule has 122 valence electrons. The number of amides is 1. The Morgan fingerprint density at radius 2 is 1.92 bits per heavy atom. The average molecular weight is 408 g/mol. The van der Waals surface area contributed by atoms with Crippen LogP contribution in [0.3, 0.4) is 0 Å². The van der Waals surface area contributed by atoms with Crippen LogP contribution < -0.4 is 14.8 Å². The van der Waals surface area contributed by atoms with Gasteiger partial charge in [-0.3, -0.25) is 4.79 Å². The monoisotopic (exact) mass is 407 g/mol. The Hall–Kier alpha value is -2.12. The number of thiophene rings is 1. The van der Waals surface area contributed by atoms with E-state index in [2.05, 4.69) is 21.2 Å². The van der Waals surface area contributed by atoms with E-state index >= 15 is 0 Å². The number of hydrogen-bond donors (Lipinski definition) is 1. The average Bonchev–Trinajstić information content (AvgIpc) is 3.01. The third-order valence-corrected chi connectivity index (χ3v) is 5.37. The molecule has 3 aromatic rings. The minimum absolute atomic E-state index is 0.298. The largest absolute Gasteiger partial charge is 0.486 e. The van der Waals surface area contributed by atoms with E-state index in [9.17, 15) is 9.18 Å². The molecule has 0 saturated heterocycles. The van der Waals surface area contributed by atoms with Crippen molar-refractivity contribution in [3.8, 4) is 11.5 Å². The predicted molar refractivity (Wildman–Crippen MR) is 94.9 cm³/mol. The van der Waals surface area contributed by atoms with E-state index < -0.39 is 0 Å². The second-order valence-electron chi connectivity index (χ2n) is 5.19. The fourth-order valence-corrected chi connectivity index (χ4v) is 3.87. The first kappa shape index (κ1) is 15.4. The smallest absolute Gasteiger partial charge is 0.265 e. The standard InChI is InChI=1S/C17H11BrFNO3S/c18-10-7-13-14(23-5-4-22-13)8-12(10)20-17(21)16-6-9-11(19)2-1-3-15(9)24-16/h1-3,6-8H,4-5H2,(H,20,21). The molecule has 1 aliphatic heterocycles. The van der Waals surface area contributed by atoms with Crippen molar-refractivity contribution in [3.63, 3.8) is 0 Å². The van der Waals surface area contributed by atoms with Crippen molar-refractivity contribution in [2.24, 2.45) is 0 Å². The van der Waals surface area contributed by atoms with Gasteiger partial charge in [0, 0.05) is 26.7 Å². The summed E-state index contributed by atoms with van der Waals surface area (Å²) in [6, 6.07) is 9.84. The first-order valence-electron chi connectivity index (χ1n) is 7.20. The molecule has 0 fully saturated rings. The molecule has 24 heavy (non-hydrogen) atoms. The zero-order chi connectivity index (χ0) is 16.7. The number of benzene rings is 2. The third kappa shape index (κ3) is 2.74. The number of halogens is 2. The Kier molecular flexibility index (Phi) is 3.90. The zero-order valence-electron chi connectivity index (χ0n) is 12.3. The molecule has 0 atom stereocenters. The number of anilines is 1. The van der Waals surface area contributed by atoms with Gasteiger partial charge in [0.15, 0.2) is 11.5 Å². The fraction of sp³-hybridized carbons (Fsp3) is 0.118. The van der Waals surface area contributed by atoms with Crippen LogP contribution in [0.15, 0.2) is 40.9 Å². The maximum Gasteiger partial charge on any atom is 0.265 e. The van der Waals surface area contributed by atoms with Crippen LogP contribution in [0.4, 0.5) is 10.1 Å². The molecular formula is C17H11BrFNO3S. The van der Waals surface area contributed by atoms with Crippen molar-refractivity contribution < 1.29 is 18.7 Å². The van der Waals surface area contributed by atoms with E-state index in [1.54, 1.807) is 30.3 Å². The molecular weight excluding hydrogens is 397 g/mol. The van der Waals surface area contributed by atoms with Gasteiger partial charge in [0.25, 0.3) is 5.91 Å². The molecule has 0 aliphatic carbocycles. The minimum Gasteiger partial charge on any atom is -0.486 e. The summed E-state index contributed by atoms with van der Waals surface area (Å²) in [5, 5.41) is 3.28. The predicted octanol–water partition coefficient (Wildman–Crippen LogP) is 4.83. The molecule has 2 aromatic carbocycles. The Morgan fingerprint density at radius 1 is 1.17 bits per heavy atom. The highest BCUT2D eigenvalue weighted by molar-refractivity contribution is 9.10. The lowest BCUT2D eigenvalue weighted by Gasteiger charge is -2.20. The van der Waals surface area contributed by atoms with Crippen molar-refractivity contribution in [2.75, 3.05) is 18.5 Å². The van der Waals surface area contributed by atoms with Crippen LogP contribution in [0.25, 0.3) is 10.1 Å². The Balaban J connectivity index is 1.64. The van der Waals surface area contributed by atoms with Gasteiger partial charge in [-0.15, -0.1) is 11.3 Å². The summed E-state index contributed by atoms with van der Waals surface area (Å²) in [7, 11) is 0. The van der Waals surface area contributed by atoms with E-state index in [0.29, 0.717) is 45.1 Å². The zero-order valence-corrected chi connectivity index (χ0v) is 14.7. The lowest BCUT2D eigenvalue weighted by molar-refractivity contribution is 0.103. The van der Waals surface area contributed by atoms with Gasteiger partial charge in [-0.1, -0.05) is 6.07 Å². The Morgan fingerprint density at radius 3 is 2.67 bits per heavy atom. The van der Waals surface area contributed by atoms with Crippen LogP contribution >= 0.6 is 27.3 Å². The molecule has 0 saturated carbocycles. The van der Waals surface area contributed by atoms with Gasteiger partial charge in [-0.25, -0.2) is 4.39 Å². The molecule has 7 heteroatoms. The summed E-state index contributed by atoms with van der Waals surface area (Å²) >= 11 is 4.67. The van der Waals surface area contributed by atoms with Gasteiger partial charge in [0.2, 0.25) is 0 Å². The number of hydrogen-bond acceptors (Lipinski definition) is 4. The molecule has 1 aromatic heterocycles. The van der Waals surface area contributed by atoms with Crippen LogP contribution in [0, 0.1) is 5.82 Å². The van der Waals surface area contributed by atoms with E-state index in [-0.39, 0.29) is 11.7 Å². The summed E-state index contributed by atoms with van der Waals surface area (Å²) < 4.78 is 26.2. The summed E-state index contributed by atoms with van der Waals surface area (Å²) in [6.45, 7) is 0.968. The van der Waals surface area contributed by atoms with Gasteiger partial charge < -0.3 is 14.8 Å². The van der Waals surface area contributed by atoms with Gasteiger partial charge >= 0.3 is 0 Å². The summed E-state index contributed by atoms with van der Waals surface area (Å²) in [6.07, 6.45) is 0. The minimum atomic E-state index is -0.330. The molecule has 0 bridgehead atoms. The van der Waals surface area contributed by atoms with Crippen LogP contribution in [0.5, 0.6) is 11.5 Å². The third-order valence-electron chi connectivity index (χ3n) is 3.61. The Labute approximate surface area is 149 Å². The lowest BCUT2D eigenvalue weighted by atomic mass is 10.2. The molecule has 1 N–H and O–H groups in total. The van der Waals surface area contributed by atoms with Crippen LogP contribution in [0.1, 0.15) is 9.67 Å². The van der Waals surface area contributed by atoms with E-state index in [1.165, 1.54) is 17.4 Å². The van der Waals surface area contributed by atoms with Crippen molar-refractivity contribution >= 4 is 48.9 Å². The first-order valence-corrected chi connectivity index (χ1v) is 8.81. The molecule has 1 amide bonds. The molecule has 1 aliphatic rings. The highest BCUT2D eigenvalue weighted by Gasteiger charge is 2.18. The second kappa shape index (κ2) is 6.07. The quantitative estimate of drug-likeness (QED) is 0.661.